The van der Waals surface area contributed by atoms with Gasteiger partial charge in [-0.05, 0) is 49.7 Å². The van der Waals surface area contributed by atoms with Gasteiger partial charge in [0, 0.05) is 16.6 Å². The Morgan fingerprint density at radius 1 is 0.815 bits per heavy atom. The van der Waals surface area contributed by atoms with Gasteiger partial charge in [-0.3, -0.25) is 4.79 Å². The van der Waals surface area contributed by atoms with Gasteiger partial charge < -0.3 is 5.32 Å². The van der Waals surface area contributed by atoms with E-state index in [0.29, 0.717) is 5.56 Å². The van der Waals surface area contributed by atoms with Crippen LogP contribution in [-0.2, 0) is 0 Å². The van der Waals surface area contributed by atoms with Gasteiger partial charge in [-0.2, -0.15) is 0 Å². The van der Waals surface area contributed by atoms with Crippen molar-refractivity contribution in [2.45, 2.75) is 13.8 Å². The third-order valence-electron chi connectivity index (χ3n) is 4.55. The highest BCUT2D eigenvalue weighted by molar-refractivity contribution is 6.13. The van der Waals surface area contributed by atoms with Crippen molar-refractivity contribution in [1.29, 1.82) is 0 Å². The molecule has 3 nitrogen and oxygen atoms in total. The van der Waals surface area contributed by atoms with Crippen molar-refractivity contribution in [3.8, 4) is 11.3 Å². The van der Waals surface area contributed by atoms with Crippen LogP contribution in [0.1, 0.15) is 21.5 Å². The molecule has 27 heavy (non-hydrogen) atoms. The summed E-state index contributed by atoms with van der Waals surface area (Å²) in [5.74, 6) is -0.131. The minimum Gasteiger partial charge on any atom is -0.322 e. The standard InChI is InChI=1S/C24H20N2O/c1-16-7-5-9-18(13-16)23-15-21(20-11-3-4-12-22(20)26-23)24(27)25-19-10-6-8-17(2)14-19/h3-15H,1-2H3,(H,25,27). The van der Waals surface area contributed by atoms with Crippen LogP contribution in [0.5, 0.6) is 0 Å². The molecule has 0 saturated carbocycles. The number of hydrogen-bond acceptors (Lipinski definition) is 2. The van der Waals surface area contributed by atoms with Gasteiger partial charge in [-0.1, -0.05) is 54.1 Å². The van der Waals surface area contributed by atoms with Gasteiger partial charge in [0.05, 0.1) is 16.8 Å². The second-order valence-electron chi connectivity index (χ2n) is 6.77. The smallest absolute Gasteiger partial charge is 0.256 e. The zero-order valence-electron chi connectivity index (χ0n) is 15.4. The van der Waals surface area contributed by atoms with Gasteiger partial charge >= 0.3 is 0 Å². The molecular weight excluding hydrogens is 332 g/mol. The minimum absolute atomic E-state index is 0.131. The van der Waals surface area contributed by atoms with Crippen molar-refractivity contribution in [2.75, 3.05) is 5.32 Å². The van der Waals surface area contributed by atoms with E-state index in [-0.39, 0.29) is 5.91 Å². The number of hydrogen-bond donors (Lipinski definition) is 1. The van der Waals surface area contributed by atoms with Crippen LogP contribution in [0.25, 0.3) is 22.2 Å². The van der Waals surface area contributed by atoms with Crippen LogP contribution in [0, 0.1) is 13.8 Å². The van der Waals surface area contributed by atoms with Crippen molar-refractivity contribution >= 4 is 22.5 Å². The van der Waals surface area contributed by atoms with E-state index in [2.05, 4.69) is 24.4 Å². The molecule has 1 heterocycles. The first-order valence-electron chi connectivity index (χ1n) is 8.95. The van der Waals surface area contributed by atoms with E-state index in [1.807, 2.05) is 73.7 Å². The number of aryl methyl sites for hydroxylation is 2. The zero-order chi connectivity index (χ0) is 18.8. The first kappa shape index (κ1) is 17.0. The fourth-order valence-electron chi connectivity index (χ4n) is 3.24. The third-order valence-corrected chi connectivity index (χ3v) is 4.55. The van der Waals surface area contributed by atoms with Crippen LogP contribution in [0.15, 0.2) is 78.9 Å². The van der Waals surface area contributed by atoms with Crippen LogP contribution in [-0.4, -0.2) is 10.9 Å². The molecular formula is C24H20N2O. The summed E-state index contributed by atoms with van der Waals surface area (Å²) in [5, 5.41) is 3.86. The number of nitrogens with one attached hydrogen (secondary N) is 1. The average Bonchev–Trinajstić information content (AvgIpc) is 2.67. The lowest BCUT2D eigenvalue weighted by Crippen LogP contribution is -2.13. The van der Waals surface area contributed by atoms with Gasteiger partial charge in [0.15, 0.2) is 0 Å². The zero-order valence-corrected chi connectivity index (χ0v) is 15.4. The number of nitrogens with zero attached hydrogens (tertiary/aromatic N) is 1. The van der Waals surface area contributed by atoms with Crippen LogP contribution in [0.4, 0.5) is 5.69 Å². The number of para-hydroxylation sites is 1. The van der Waals surface area contributed by atoms with E-state index in [4.69, 9.17) is 4.98 Å². The van der Waals surface area contributed by atoms with E-state index < -0.39 is 0 Å². The molecule has 0 atom stereocenters. The Kier molecular flexibility index (Phi) is 4.43. The highest BCUT2D eigenvalue weighted by Crippen LogP contribution is 2.26. The second kappa shape index (κ2) is 7.04. The van der Waals surface area contributed by atoms with E-state index in [1.54, 1.807) is 0 Å². The number of benzene rings is 3. The van der Waals surface area contributed by atoms with E-state index >= 15 is 0 Å². The van der Waals surface area contributed by atoms with Crippen LogP contribution in [0.2, 0.25) is 0 Å². The van der Waals surface area contributed by atoms with Gasteiger partial charge in [0.1, 0.15) is 0 Å². The van der Waals surface area contributed by atoms with Crippen molar-refractivity contribution < 1.29 is 4.79 Å². The molecule has 4 aromatic rings. The number of anilines is 1. The number of carbonyl (C=O) groups excluding carboxylic acids is 1. The van der Waals surface area contributed by atoms with Crippen LogP contribution >= 0.6 is 0 Å². The lowest BCUT2D eigenvalue weighted by Gasteiger charge is -2.11. The number of fused-ring (bicyclic) bond motifs is 1. The van der Waals surface area contributed by atoms with Crippen molar-refractivity contribution in [3.05, 3.63) is 95.6 Å². The molecule has 0 aliphatic rings. The summed E-state index contributed by atoms with van der Waals surface area (Å²) in [4.78, 5) is 17.8. The Labute approximate surface area is 158 Å². The van der Waals surface area contributed by atoms with Crippen molar-refractivity contribution in [3.63, 3.8) is 0 Å². The molecule has 1 amide bonds. The number of pyridine rings is 1. The fraction of sp³-hybridized carbons (Fsp3) is 0.0833. The number of carbonyl (C=O) groups is 1. The van der Waals surface area contributed by atoms with Gasteiger partial charge in [-0.25, -0.2) is 4.98 Å². The Morgan fingerprint density at radius 3 is 2.33 bits per heavy atom. The fourth-order valence-corrected chi connectivity index (χ4v) is 3.24. The largest absolute Gasteiger partial charge is 0.322 e. The van der Waals surface area contributed by atoms with E-state index in [9.17, 15) is 4.79 Å². The molecule has 1 aromatic heterocycles. The highest BCUT2D eigenvalue weighted by Gasteiger charge is 2.14. The van der Waals surface area contributed by atoms with Gasteiger partial charge in [0.25, 0.3) is 5.91 Å². The normalized spacial score (nSPS) is 10.7. The molecule has 1 N–H and O–H groups in total. The summed E-state index contributed by atoms with van der Waals surface area (Å²) in [5.41, 5.74) is 6.29. The SMILES string of the molecule is Cc1cccc(NC(=O)c2cc(-c3cccc(C)c3)nc3ccccc23)c1. The monoisotopic (exact) mass is 352 g/mol. The molecule has 0 spiro atoms. The summed E-state index contributed by atoms with van der Waals surface area (Å²) in [6.07, 6.45) is 0. The minimum atomic E-state index is -0.131. The lowest BCUT2D eigenvalue weighted by molar-refractivity contribution is 0.102. The predicted molar refractivity (Wildman–Crippen MR) is 111 cm³/mol. The Bertz CT molecular complexity index is 1150. The summed E-state index contributed by atoms with van der Waals surface area (Å²) in [7, 11) is 0. The lowest BCUT2D eigenvalue weighted by atomic mass is 10.0. The predicted octanol–water partition coefficient (Wildman–Crippen LogP) is 5.77. The van der Waals surface area contributed by atoms with Crippen LogP contribution < -0.4 is 5.32 Å². The molecule has 0 saturated heterocycles. The molecule has 3 aromatic carbocycles. The summed E-state index contributed by atoms with van der Waals surface area (Å²) in [6, 6.07) is 25.6. The summed E-state index contributed by atoms with van der Waals surface area (Å²) >= 11 is 0. The van der Waals surface area contributed by atoms with Gasteiger partial charge in [0.2, 0.25) is 0 Å². The maximum absolute atomic E-state index is 13.1. The number of amides is 1. The van der Waals surface area contributed by atoms with Crippen LogP contribution in [0.3, 0.4) is 0 Å². The summed E-state index contributed by atoms with van der Waals surface area (Å²) in [6.45, 7) is 4.06. The second-order valence-corrected chi connectivity index (χ2v) is 6.77. The topological polar surface area (TPSA) is 42.0 Å². The molecule has 0 fully saturated rings. The van der Waals surface area contributed by atoms with E-state index in [0.717, 1.165) is 39.0 Å². The molecule has 4 rings (SSSR count). The Morgan fingerprint density at radius 2 is 1.56 bits per heavy atom. The number of rotatable bonds is 3. The molecule has 0 unspecified atom stereocenters. The third kappa shape index (κ3) is 3.58. The molecule has 0 aliphatic heterocycles. The highest BCUT2D eigenvalue weighted by atomic mass is 16.1. The Hall–Kier alpha value is -3.46. The quantitative estimate of drug-likeness (QED) is 0.508. The van der Waals surface area contributed by atoms with Crippen molar-refractivity contribution in [1.82, 2.24) is 4.98 Å². The molecule has 0 bridgehead atoms. The van der Waals surface area contributed by atoms with E-state index in [1.165, 1.54) is 0 Å². The first-order valence-corrected chi connectivity index (χ1v) is 8.95. The molecule has 3 heteroatoms. The Balaban J connectivity index is 1.82. The first-order chi connectivity index (χ1) is 13.1. The van der Waals surface area contributed by atoms with Gasteiger partial charge in [-0.15, -0.1) is 0 Å². The maximum Gasteiger partial charge on any atom is 0.256 e. The summed E-state index contributed by atoms with van der Waals surface area (Å²) < 4.78 is 0. The molecule has 0 aliphatic carbocycles. The average molecular weight is 352 g/mol. The molecule has 0 radical (unpaired) electrons. The molecule has 132 valence electrons. The number of aromatic nitrogens is 1. The van der Waals surface area contributed by atoms with Crippen molar-refractivity contribution in [2.24, 2.45) is 0 Å². The maximum atomic E-state index is 13.1.